The topological polar surface area (TPSA) is 136 Å². The largest absolute Gasteiger partial charge is 0.471 e. The molecule has 0 bridgehead atoms. The molecule has 5 amide bonds. The SMILES string of the molecule is CCCN(C)C(=O)N(Cc1ccc(C(=O)CN)cc1)c1ccccc1.CCCN(C)C(=O)N(Cc1ccc(C(=O)CNC(=O)C(F)(F)F)cc1)c1ccccc1. The van der Waals surface area contributed by atoms with Gasteiger partial charge in [-0.1, -0.05) is 98.8 Å². The van der Waals surface area contributed by atoms with Crippen LogP contribution in [0.2, 0.25) is 0 Å². The number of nitrogens with two attached hydrogens (primary N) is 1. The maximum Gasteiger partial charge on any atom is 0.471 e. The summed E-state index contributed by atoms with van der Waals surface area (Å²) >= 11 is 0. The first-order valence-electron chi connectivity index (χ1n) is 18.1. The Kier molecular flexibility index (Phi) is 17.2. The van der Waals surface area contributed by atoms with E-state index < -0.39 is 24.4 Å². The molecule has 0 aliphatic carbocycles. The third kappa shape index (κ3) is 13.4. The Hall–Kier alpha value is -6.02. The van der Waals surface area contributed by atoms with Crippen LogP contribution >= 0.6 is 0 Å². The van der Waals surface area contributed by atoms with Crippen molar-refractivity contribution in [3.63, 3.8) is 0 Å². The van der Waals surface area contributed by atoms with Crippen LogP contribution in [0.3, 0.4) is 0 Å². The van der Waals surface area contributed by atoms with Crippen LogP contribution in [0.5, 0.6) is 0 Å². The Morgan fingerprint density at radius 1 is 0.589 bits per heavy atom. The fraction of sp³-hybridized carbons (Fsp3) is 0.310. The van der Waals surface area contributed by atoms with Crippen molar-refractivity contribution in [2.75, 3.05) is 50.1 Å². The van der Waals surface area contributed by atoms with Gasteiger partial charge < -0.3 is 20.9 Å². The number of hydrogen-bond acceptors (Lipinski definition) is 6. The monoisotopic (exact) mass is 774 g/mol. The molecule has 0 aliphatic heterocycles. The van der Waals surface area contributed by atoms with Crippen LogP contribution in [0, 0.1) is 0 Å². The van der Waals surface area contributed by atoms with Crippen LogP contribution in [0.25, 0.3) is 0 Å². The molecule has 0 radical (unpaired) electrons. The Labute approximate surface area is 325 Å². The average Bonchev–Trinajstić information content (AvgIpc) is 3.21. The van der Waals surface area contributed by atoms with E-state index in [2.05, 4.69) is 0 Å². The van der Waals surface area contributed by atoms with Gasteiger partial charge in [-0.25, -0.2) is 9.59 Å². The van der Waals surface area contributed by atoms with Crippen molar-refractivity contribution in [2.45, 2.75) is 46.0 Å². The molecule has 298 valence electrons. The maximum absolute atomic E-state index is 12.9. The number of Topliss-reactive ketones (excluding diaryl/α,β-unsaturated/α-hetero) is 2. The highest BCUT2D eigenvalue weighted by Crippen LogP contribution is 2.21. The zero-order chi connectivity index (χ0) is 41.3. The van der Waals surface area contributed by atoms with E-state index >= 15 is 0 Å². The molecule has 0 aromatic heterocycles. The molecule has 0 heterocycles. The van der Waals surface area contributed by atoms with E-state index in [1.165, 1.54) is 12.1 Å². The summed E-state index contributed by atoms with van der Waals surface area (Å²) < 4.78 is 36.7. The normalized spacial score (nSPS) is 10.7. The van der Waals surface area contributed by atoms with Gasteiger partial charge in [-0.05, 0) is 48.2 Å². The molecule has 0 atom stereocenters. The molecule has 0 saturated carbocycles. The van der Waals surface area contributed by atoms with E-state index in [0.717, 1.165) is 29.7 Å². The highest BCUT2D eigenvalue weighted by Gasteiger charge is 2.38. The zero-order valence-electron chi connectivity index (χ0n) is 32.1. The molecule has 0 spiro atoms. The number of hydrogen-bond donors (Lipinski definition) is 2. The first-order chi connectivity index (χ1) is 26.7. The number of para-hydroxylation sites is 2. The lowest BCUT2D eigenvalue weighted by Crippen LogP contribution is -2.41. The molecule has 11 nitrogen and oxygen atoms in total. The summed E-state index contributed by atoms with van der Waals surface area (Å²) in [5, 5.41) is 1.56. The lowest BCUT2D eigenvalue weighted by atomic mass is 10.1. The van der Waals surface area contributed by atoms with Crippen molar-refractivity contribution in [3.05, 3.63) is 131 Å². The summed E-state index contributed by atoms with van der Waals surface area (Å²) in [5.74, 6) is -2.90. The van der Waals surface area contributed by atoms with Crippen molar-refractivity contribution >= 4 is 40.9 Å². The summed E-state index contributed by atoms with van der Waals surface area (Å²) in [7, 11) is 3.53. The van der Waals surface area contributed by atoms with Crippen molar-refractivity contribution < 1.29 is 37.1 Å². The maximum atomic E-state index is 12.9. The number of urea groups is 2. The first-order valence-corrected chi connectivity index (χ1v) is 18.1. The number of nitrogens with zero attached hydrogens (tertiary/aromatic N) is 4. The van der Waals surface area contributed by atoms with Crippen LogP contribution < -0.4 is 20.9 Å². The minimum Gasteiger partial charge on any atom is -0.341 e. The van der Waals surface area contributed by atoms with Crippen molar-refractivity contribution in [2.24, 2.45) is 5.73 Å². The first kappa shape index (κ1) is 44.4. The van der Waals surface area contributed by atoms with Crippen molar-refractivity contribution in [1.29, 1.82) is 0 Å². The number of amides is 5. The molecule has 0 fully saturated rings. The number of alkyl halides is 3. The predicted molar refractivity (Wildman–Crippen MR) is 212 cm³/mol. The van der Waals surface area contributed by atoms with Gasteiger partial charge in [0.2, 0.25) is 0 Å². The summed E-state index contributed by atoms with van der Waals surface area (Å²) in [4.78, 5) is 67.0. The minimum atomic E-state index is -5.04. The van der Waals surface area contributed by atoms with Gasteiger partial charge in [0.05, 0.1) is 26.2 Å². The van der Waals surface area contributed by atoms with Gasteiger partial charge >= 0.3 is 24.1 Å². The van der Waals surface area contributed by atoms with Crippen LogP contribution in [-0.4, -0.2) is 85.8 Å². The third-order valence-electron chi connectivity index (χ3n) is 8.45. The molecule has 0 unspecified atom stereocenters. The molecule has 3 N–H and O–H groups in total. The van der Waals surface area contributed by atoms with E-state index in [1.54, 1.807) is 56.2 Å². The average molecular weight is 775 g/mol. The smallest absolute Gasteiger partial charge is 0.341 e. The quantitative estimate of drug-likeness (QED) is 0.122. The lowest BCUT2D eigenvalue weighted by molar-refractivity contribution is -0.173. The molecular formula is C42H49F3N6O5. The van der Waals surface area contributed by atoms with E-state index in [0.29, 0.717) is 30.9 Å². The van der Waals surface area contributed by atoms with Gasteiger partial charge in [-0.2, -0.15) is 13.2 Å². The van der Waals surface area contributed by atoms with Crippen LogP contribution in [-0.2, 0) is 17.9 Å². The van der Waals surface area contributed by atoms with Gasteiger partial charge in [-0.3, -0.25) is 24.2 Å². The Morgan fingerprint density at radius 3 is 1.30 bits per heavy atom. The molecule has 4 aromatic carbocycles. The third-order valence-corrected chi connectivity index (χ3v) is 8.45. The number of ketones is 2. The van der Waals surface area contributed by atoms with Gasteiger partial charge in [0, 0.05) is 49.7 Å². The molecular weight excluding hydrogens is 725 g/mol. The van der Waals surface area contributed by atoms with Crippen LogP contribution in [0.4, 0.5) is 34.1 Å². The summed E-state index contributed by atoms with van der Waals surface area (Å²) in [5.41, 5.74) is 9.39. The highest BCUT2D eigenvalue weighted by atomic mass is 19.4. The number of nitrogens with one attached hydrogen (secondary N) is 1. The van der Waals surface area contributed by atoms with Gasteiger partial charge in [0.15, 0.2) is 11.6 Å². The van der Waals surface area contributed by atoms with Crippen molar-refractivity contribution in [1.82, 2.24) is 15.1 Å². The molecule has 0 saturated heterocycles. The van der Waals surface area contributed by atoms with Gasteiger partial charge in [0.1, 0.15) is 0 Å². The molecule has 0 aliphatic rings. The lowest BCUT2D eigenvalue weighted by Gasteiger charge is -2.28. The predicted octanol–water partition coefficient (Wildman–Crippen LogP) is 7.31. The van der Waals surface area contributed by atoms with Gasteiger partial charge in [0.25, 0.3) is 0 Å². The number of anilines is 2. The standard InChI is InChI=1S/C22H24F3N3O3.C20H25N3O2/c1-3-13-27(2)21(31)28(18-7-5-4-6-8-18)15-16-9-11-17(12-10-16)19(29)14-26-20(30)22(23,24)25;1-3-13-22(2)20(25)23(18-7-5-4-6-8-18)15-16-9-11-17(12-10-16)19(24)14-21/h4-12H,3,13-15H2,1-2H3,(H,26,30);4-12H,3,13-15,21H2,1-2H3. The summed E-state index contributed by atoms with van der Waals surface area (Å²) in [6, 6.07) is 31.9. The Bertz CT molecular complexity index is 1880. The van der Waals surface area contributed by atoms with Crippen LogP contribution in [0.15, 0.2) is 109 Å². The molecule has 4 rings (SSSR count). The van der Waals surface area contributed by atoms with Crippen LogP contribution in [0.1, 0.15) is 58.5 Å². The fourth-order valence-electron chi connectivity index (χ4n) is 5.47. The van der Waals surface area contributed by atoms with Crippen molar-refractivity contribution in [3.8, 4) is 0 Å². The molecule has 14 heteroatoms. The second-order valence-electron chi connectivity index (χ2n) is 12.9. The number of carbonyl (C=O) groups excluding carboxylic acids is 5. The second-order valence-corrected chi connectivity index (χ2v) is 12.9. The van der Waals surface area contributed by atoms with E-state index in [4.69, 9.17) is 5.73 Å². The minimum absolute atomic E-state index is 0.00418. The number of halogens is 3. The number of rotatable bonds is 15. The molecule has 56 heavy (non-hydrogen) atoms. The summed E-state index contributed by atoms with van der Waals surface area (Å²) in [6.07, 6.45) is -3.32. The van der Waals surface area contributed by atoms with E-state index in [-0.39, 0.29) is 36.5 Å². The van der Waals surface area contributed by atoms with Gasteiger partial charge in [-0.15, -0.1) is 0 Å². The van der Waals surface area contributed by atoms with E-state index in [1.807, 2.05) is 93.7 Å². The fourth-order valence-corrected chi connectivity index (χ4v) is 5.47. The second kappa shape index (κ2) is 21.8. The Morgan fingerprint density at radius 2 is 0.964 bits per heavy atom. The Balaban J connectivity index is 0.000000307. The van der Waals surface area contributed by atoms with E-state index in [9.17, 15) is 37.1 Å². The number of benzene rings is 4. The zero-order valence-corrected chi connectivity index (χ0v) is 32.1. The highest BCUT2D eigenvalue weighted by molar-refractivity contribution is 6.00. The molecule has 4 aromatic rings. The number of carbonyl (C=O) groups is 5. The summed E-state index contributed by atoms with van der Waals surface area (Å²) in [6.45, 7) is 5.24.